The second-order valence-electron chi connectivity index (χ2n) is 6.23. The largest absolute Gasteiger partial charge is 0.335 e. The van der Waals surface area contributed by atoms with Crippen LogP contribution in [0.2, 0.25) is 0 Å². The second-order valence-corrected chi connectivity index (χ2v) is 7.15. The Morgan fingerprint density at radius 1 is 1.25 bits per heavy atom. The van der Waals surface area contributed by atoms with E-state index in [4.69, 9.17) is 0 Å². The van der Waals surface area contributed by atoms with Gasteiger partial charge in [-0.15, -0.1) is 0 Å². The predicted octanol–water partition coefficient (Wildman–Crippen LogP) is 2.48. The molecule has 1 amide bonds. The summed E-state index contributed by atoms with van der Waals surface area (Å²) in [5, 5.41) is 1.75. The lowest BCUT2D eigenvalue weighted by atomic mass is 9.86. The SMILES string of the molecule is CC1CCC(N(C(=O)Cn2sccc2=O)C2CC2)CC1. The topological polar surface area (TPSA) is 42.3 Å². The molecule has 4 nitrogen and oxygen atoms in total. The zero-order valence-electron chi connectivity index (χ0n) is 12.0. The number of amides is 1. The Morgan fingerprint density at radius 2 is 1.85 bits per heavy atom. The van der Waals surface area contributed by atoms with Crippen molar-refractivity contribution in [3.63, 3.8) is 0 Å². The van der Waals surface area contributed by atoms with Crippen molar-refractivity contribution in [1.82, 2.24) is 8.86 Å². The fourth-order valence-corrected chi connectivity index (χ4v) is 3.87. The Kier molecular flexibility index (Phi) is 3.96. The molecule has 0 N–H and O–H groups in total. The number of nitrogens with zero attached hydrogens (tertiary/aromatic N) is 2. The van der Waals surface area contributed by atoms with Crippen molar-refractivity contribution in [3.8, 4) is 0 Å². The van der Waals surface area contributed by atoms with Crippen LogP contribution in [-0.4, -0.2) is 26.8 Å². The van der Waals surface area contributed by atoms with Gasteiger partial charge in [0.1, 0.15) is 6.54 Å². The minimum absolute atomic E-state index is 0.0589. The number of hydrogen-bond acceptors (Lipinski definition) is 3. The third-order valence-electron chi connectivity index (χ3n) is 4.53. The first-order valence-electron chi connectivity index (χ1n) is 7.61. The Morgan fingerprint density at radius 3 is 2.35 bits per heavy atom. The van der Waals surface area contributed by atoms with Gasteiger partial charge in [0.2, 0.25) is 5.91 Å². The number of carbonyl (C=O) groups is 1. The molecule has 0 saturated heterocycles. The van der Waals surface area contributed by atoms with Crippen LogP contribution in [0.5, 0.6) is 0 Å². The molecule has 1 heterocycles. The molecule has 2 saturated carbocycles. The molecule has 0 spiro atoms. The van der Waals surface area contributed by atoms with E-state index in [1.54, 1.807) is 9.34 Å². The highest BCUT2D eigenvalue weighted by Gasteiger charge is 2.38. The Balaban J connectivity index is 1.69. The first-order valence-corrected chi connectivity index (χ1v) is 8.45. The molecule has 2 aliphatic carbocycles. The highest BCUT2D eigenvalue weighted by atomic mass is 32.1. The van der Waals surface area contributed by atoms with Gasteiger partial charge in [0.05, 0.1) is 0 Å². The van der Waals surface area contributed by atoms with E-state index in [1.165, 1.54) is 30.4 Å². The summed E-state index contributed by atoms with van der Waals surface area (Å²) in [7, 11) is 0. The summed E-state index contributed by atoms with van der Waals surface area (Å²) in [6, 6.07) is 2.38. The van der Waals surface area contributed by atoms with Gasteiger partial charge in [-0.2, -0.15) is 0 Å². The monoisotopic (exact) mass is 294 g/mol. The summed E-state index contributed by atoms with van der Waals surface area (Å²) >= 11 is 1.33. The molecular formula is C15H22N2O2S. The molecule has 0 aliphatic heterocycles. The van der Waals surface area contributed by atoms with Gasteiger partial charge in [0.15, 0.2) is 0 Å². The summed E-state index contributed by atoms with van der Waals surface area (Å²) in [6.07, 6.45) is 6.97. The van der Waals surface area contributed by atoms with Crippen molar-refractivity contribution in [2.45, 2.75) is 64.1 Å². The molecule has 0 atom stereocenters. The lowest BCUT2D eigenvalue weighted by Crippen LogP contribution is -2.45. The van der Waals surface area contributed by atoms with E-state index < -0.39 is 0 Å². The maximum Gasteiger partial charge on any atom is 0.261 e. The Labute approximate surface area is 123 Å². The molecule has 0 aromatic carbocycles. The standard InChI is InChI=1S/C15H22N2O2S/c1-11-2-4-12(5-3-11)17(13-6-7-13)15(19)10-16-14(18)8-9-20-16/h8-9,11-13H,2-7,10H2,1H3. The zero-order valence-corrected chi connectivity index (χ0v) is 12.8. The van der Waals surface area contributed by atoms with E-state index in [0.29, 0.717) is 12.1 Å². The van der Waals surface area contributed by atoms with Gasteiger partial charge in [-0.25, -0.2) is 0 Å². The highest BCUT2D eigenvalue weighted by Crippen LogP contribution is 2.35. The zero-order chi connectivity index (χ0) is 14.1. The van der Waals surface area contributed by atoms with Crippen LogP contribution in [-0.2, 0) is 11.3 Å². The summed E-state index contributed by atoms with van der Waals surface area (Å²) in [6.45, 7) is 2.52. The molecular weight excluding hydrogens is 272 g/mol. The first kappa shape index (κ1) is 13.9. The Bertz CT molecular complexity index is 524. The van der Waals surface area contributed by atoms with Crippen LogP contribution in [0.25, 0.3) is 0 Å². The average molecular weight is 294 g/mol. The van der Waals surface area contributed by atoms with E-state index in [1.807, 2.05) is 0 Å². The molecule has 20 heavy (non-hydrogen) atoms. The maximum atomic E-state index is 12.6. The molecule has 5 heteroatoms. The van der Waals surface area contributed by atoms with E-state index in [-0.39, 0.29) is 18.0 Å². The summed E-state index contributed by atoms with van der Waals surface area (Å²) < 4.78 is 1.56. The molecule has 0 radical (unpaired) electrons. The van der Waals surface area contributed by atoms with E-state index in [9.17, 15) is 9.59 Å². The molecule has 110 valence electrons. The highest BCUT2D eigenvalue weighted by molar-refractivity contribution is 7.04. The van der Waals surface area contributed by atoms with Gasteiger partial charge < -0.3 is 4.90 Å². The number of aromatic nitrogens is 1. The summed E-state index contributed by atoms with van der Waals surface area (Å²) in [4.78, 5) is 26.3. The minimum Gasteiger partial charge on any atom is -0.335 e. The molecule has 1 aromatic rings. The number of carbonyl (C=O) groups excluding carboxylic acids is 1. The predicted molar refractivity (Wildman–Crippen MR) is 79.9 cm³/mol. The average Bonchev–Trinajstić information content (AvgIpc) is 3.17. The quantitative estimate of drug-likeness (QED) is 0.856. The van der Waals surface area contributed by atoms with Crippen LogP contribution in [0, 0.1) is 5.92 Å². The molecule has 2 aliphatic rings. The van der Waals surface area contributed by atoms with Gasteiger partial charge in [-0.05, 0) is 44.4 Å². The van der Waals surface area contributed by atoms with Crippen molar-refractivity contribution < 1.29 is 4.79 Å². The summed E-state index contributed by atoms with van der Waals surface area (Å²) in [5.74, 6) is 0.930. The van der Waals surface area contributed by atoms with Crippen LogP contribution in [0.1, 0.15) is 45.4 Å². The molecule has 3 rings (SSSR count). The van der Waals surface area contributed by atoms with Crippen molar-refractivity contribution in [2.75, 3.05) is 0 Å². The van der Waals surface area contributed by atoms with Crippen LogP contribution in [0.3, 0.4) is 0 Å². The molecule has 1 aromatic heterocycles. The smallest absolute Gasteiger partial charge is 0.261 e. The molecule has 2 fully saturated rings. The third-order valence-corrected chi connectivity index (χ3v) is 5.35. The maximum absolute atomic E-state index is 12.6. The second kappa shape index (κ2) is 5.72. The van der Waals surface area contributed by atoms with Crippen molar-refractivity contribution in [3.05, 3.63) is 21.8 Å². The Hall–Kier alpha value is -1.10. The van der Waals surface area contributed by atoms with Gasteiger partial charge in [0.25, 0.3) is 5.56 Å². The first-order chi connectivity index (χ1) is 9.65. The van der Waals surface area contributed by atoms with Gasteiger partial charge in [-0.1, -0.05) is 18.5 Å². The van der Waals surface area contributed by atoms with Crippen molar-refractivity contribution in [1.29, 1.82) is 0 Å². The molecule has 0 unspecified atom stereocenters. The lowest BCUT2D eigenvalue weighted by Gasteiger charge is -2.36. The van der Waals surface area contributed by atoms with Crippen LogP contribution >= 0.6 is 11.5 Å². The lowest BCUT2D eigenvalue weighted by molar-refractivity contribution is -0.135. The van der Waals surface area contributed by atoms with E-state index >= 15 is 0 Å². The van der Waals surface area contributed by atoms with E-state index in [0.717, 1.165) is 31.6 Å². The van der Waals surface area contributed by atoms with Crippen molar-refractivity contribution >= 4 is 17.4 Å². The van der Waals surface area contributed by atoms with Gasteiger partial charge in [-0.3, -0.25) is 13.5 Å². The summed E-state index contributed by atoms with van der Waals surface area (Å²) in [5.41, 5.74) is -0.0589. The fraction of sp³-hybridized carbons (Fsp3) is 0.733. The third kappa shape index (κ3) is 2.97. The van der Waals surface area contributed by atoms with E-state index in [2.05, 4.69) is 11.8 Å². The van der Waals surface area contributed by atoms with Gasteiger partial charge in [0, 0.05) is 23.5 Å². The number of rotatable bonds is 4. The normalized spacial score (nSPS) is 26.4. The van der Waals surface area contributed by atoms with Gasteiger partial charge >= 0.3 is 0 Å². The fourth-order valence-electron chi connectivity index (χ4n) is 3.20. The van der Waals surface area contributed by atoms with Crippen LogP contribution < -0.4 is 5.56 Å². The molecule has 0 bridgehead atoms. The van der Waals surface area contributed by atoms with Crippen LogP contribution in [0.4, 0.5) is 0 Å². The van der Waals surface area contributed by atoms with Crippen LogP contribution in [0.15, 0.2) is 16.2 Å². The van der Waals surface area contributed by atoms with Crippen molar-refractivity contribution in [2.24, 2.45) is 5.92 Å². The number of hydrogen-bond donors (Lipinski definition) is 0. The minimum atomic E-state index is -0.0589.